The lowest BCUT2D eigenvalue weighted by Crippen LogP contribution is -2.08. The number of pyridine rings is 1. The van der Waals surface area contributed by atoms with Crippen molar-refractivity contribution in [2.75, 3.05) is 0 Å². The molecule has 0 saturated heterocycles. The number of benzene rings is 1. The number of nitrogens with zero attached hydrogens (tertiary/aromatic N) is 2. The van der Waals surface area contributed by atoms with E-state index in [4.69, 9.17) is 11.6 Å². The van der Waals surface area contributed by atoms with Crippen LogP contribution in [0.1, 0.15) is 10.5 Å². The number of halogens is 1. The Morgan fingerprint density at radius 2 is 2.00 bits per heavy atom. The maximum absolute atomic E-state index is 11.4. The van der Waals surface area contributed by atoms with Crippen LogP contribution in [0.5, 0.6) is 0 Å². The van der Waals surface area contributed by atoms with Crippen molar-refractivity contribution in [2.45, 2.75) is 0 Å². The Kier molecular flexibility index (Phi) is 2.72. The summed E-state index contributed by atoms with van der Waals surface area (Å²) in [7, 11) is 0. The molecule has 0 spiro atoms. The molecule has 1 N–H and O–H groups in total. The maximum atomic E-state index is 11.4. The van der Waals surface area contributed by atoms with Gasteiger partial charge in [-0.15, -0.1) is 0 Å². The van der Waals surface area contributed by atoms with E-state index in [9.17, 15) is 9.90 Å². The largest absolute Gasteiger partial charge is 0.477 e. The number of fused-ring (bicyclic) bond motifs is 1. The monoisotopic (exact) mass is 272 g/mol. The first kappa shape index (κ1) is 11.7. The van der Waals surface area contributed by atoms with Gasteiger partial charge < -0.3 is 5.11 Å². The SMILES string of the molecule is O=C(O)c1cc2ccccc2n1-c1ncccc1Cl. The molecule has 0 amide bonds. The Hall–Kier alpha value is -2.33. The second-order valence-electron chi connectivity index (χ2n) is 4.04. The Morgan fingerprint density at radius 3 is 2.74 bits per heavy atom. The molecule has 0 aliphatic carbocycles. The van der Waals surface area contributed by atoms with E-state index in [1.807, 2.05) is 24.3 Å². The summed E-state index contributed by atoms with van der Waals surface area (Å²) < 4.78 is 1.56. The van der Waals surface area contributed by atoms with Crippen LogP contribution in [-0.2, 0) is 0 Å². The highest BCUT2D eigenvalue weighted by Crippen LogP contribution is 2.27. The molecular formula is C14H9ClN2O2. The zero-order chi connectivity index (χ0) is 13.4. The molecular weight excluding hydrogens is 264 g/mol. The molecule has 19 heavy (non-hydrogen) atoms. The molecule has 0 atom stereocenters. The molecule has 5 heteroatoms. The van der Waals surface area contributed by atoms with Gasteiger partial charge in [-0.2, -0.15) is 0 Å². The van der Waals surface area contributed by atoms with Gasteiger partial charge in [-0.1, -0.05) is 29.8 Å². The molecule has 3 aromatic rings. The van der Waals surface area contributed by atoms with Gasteiger partial charge in [-0.3, -0.25) is 4.57 Å². The van der Waals surface area contributed by atoms with Crippen molar-refractivity contribution in [1.29, 1.82) is 0 Å². The van der Waals surface area contributed by atoms with E-state index < -0.39 is 5.97 Å². The quantitative estimate of drug-likeness (QED) is 0.778. The van der Waals surface area contributed by atoms with Crippen molar-refractivity contribution in [2.24, 2.45) is 0 Å². The summed E-state index contributed by atoms with van der Waals surface area (Å²) in [6, 6.07) is 12.4. The number of rotatable bonds is 2. The zero-order valence-corrected chi connectivity index (χ0v) is 10.5. The van der Waals surface area contributed by atoms with Crippen molar-refractivity contribution in [1.82, 2.24) is 9.55 Å². The molecule has 2 aromatic heterocycles. The van der Waals surface area contributed by atoms with Crippen LogP contribution in [-0.4, -0.2) is 20.6 Å². The third-order valence-electron chi connectivity index (χ3n) is 2.88. The minimum atomic E-state index is -1.02. The topological polar surface area (TPSA) is 55.1 Å². The van der Waals surface area contributed by atoms with Gasteiger partial charge >= 0.3 is 5.97 Å². The first-order valence-corrected chi connectivity index (χ1v) is 6.01. The fourth-order valence-corrected chi connectivity index (χ4v) is 2.29. The predicted molar refractivity (Wildman–Crippen MR) is 73.0 cm³/mol. The third kappa shape index (κ3) is 1.86. The van der Waals surface area contributed by atoms with Crippen LogP contribution < -0.4 is 0 Å². The number of aromatic carboxylic acids is 1. The van der Waals surface area contributed by atoms with Gasteiger partial charge in [0.05, 0.1) is 10.5 Å². The van der Waals surface area contributed by atoms with E-state index >= 15 is 0 Å². The number of hydrogen-bond acceptors (Lipinski definition) is 2. The highest BCUT2D eigenvalue weighted by Gasteiger charge is 2.18. The van der Waals surface area contributed by atoms with E-state index in [-0.39, 0.29) is 5.69 Å². The molecule has 4 nitrogen and oxygen atoms in total. The summed E-state index contributed by atoms with van der Waals surface area (Å²) in [6.07, 6.45) is 1.58. The van der Waals surface area contributed by atoms with Gasteiger partial charge in [0, 0.05) is 11.6 Å². The fourth-order valence-electron chi connectivity index (χ4n) is 2.08. The first-order chi connectivity index (χ1) is 9.18. The van der Waals surface area contributed by atoms with Gasteiger partial charge in [-0.25, -0.2) is 9.78 Å². The van der Waals surface area contributed by atoms with Gasteiger partial charge in [0.25, 0.3) is 0 Å². The van der Waals surface area contributed by atoms with Crippen LogP contribution in [0.4, 0.5) is 0 Å². The van der Waals surface area contributed by atoms with E-state index in [1.54, 1.807) is 29.0 Å². The highest BCUT2D eigenvalue weighted by atomic mass is 35.5. The summed E-state index contributed by atoms with van der Waals surface area (Å²) in [6.45, 7) is 0. The van der Waals surface area contributed by atoms with Crippen molar-refractivity contribution >= 4 is 28.5 Å². The lowest BCUT2D eigenvalue weighted by Gasteiger charge is -2.08. The molecule has 3 rings (SSSR count). The Labute approximate surface area is 113 Å². The molecule has 0 unspecified atom stereocenters. The second-order valence-corrected chi connectivity index (χ2v) is 4.44. The van der Waals surface area contributed by atoms with E-state index in [1.165, 1.54) is 0 Å². The number of aromatic nitrogens is 2. The number of para-hydroxylation sites is 1. The molecule has 0 radical (unpaired) electrons. The lowest BCUT2D eigenvalue weighted by atomic mass is 10.2. The molecule has 94 valence electrons. The van der Waals surface area contributed by atoms with Crippen molar-refractivity contribution in [3.05, 3.63) is 59.4 Å². The van der Waals surface area contributed by atoms with Crippen LogP contribution in [0, 0.1) is 0 Å². The molecule has 0 fully saturated rings. The van der Waals surface area contributed by atoms with Crippen LogP contribution in [0.25, 0.3) is 16.7 Å². The molecule has 0 saturated carbocycles. The lowest BCUT2D eigenvalue weighted by molar-refractivity contribution is 0.0688. The Balaban J connectivity index is 2.42. The summed E-state index contributed by atoms with van der Waals surface area (Å²) in [5.74, 6) is -0.597. The predicted octanol–water partition coefficient (Wildman–Crippen LogP) is 3.38. The third-order valence-corrected chi connectivity index (χ3v) is 3.18. The first-order valence-electron chi connectivity index (χ1n) is 5.63. The average molecular weight is 273 g/mol. The van der Waals surface area contributed by atoms with E-state index in [2.05, 4.69) is 4.98 Å². The summed E-state index contributed by atoms with van der Waals surface area (Å²) >= 11 is 6.12. The maximum Gasteiger partial charge on any atom is 0.352 e. The van der Waals surface area contributed by atoms with Crippen LogP contribution in [0.2, 0.25) is 5.02 Å². The average Bonchev–Trinajstić information content (AvgIpc) is 2.79. The van der Waals surface area contributed by atoms with Gasteiger partial charge in [0.2, 0.25) is 0 Å². The minimum Gasteiger partial charge on any atom is -0.477 e. The van der Waals surface area contributed by atoms with Crippen LogP contribution >= 0.6 is 11.6 Å². The fraction of sp³-hybridized carbons (Fsp3) is 0. The van der Waals surface area contributed by atoms with Crippen molar-refractivity contribution in [3.63, 3.8) is 0 Å². The molecule has 2 heterocycles. The molecule has 0 bridgehead atoms. The normalized spacial score (nSPS) is 10.8. The van der Waals surface area contributed by atoms with E-state index in [0.717, 1.165) is 10.9 Å². The minimum absolute atomic E-state index is 0.141. The van der Waals surface area contributed by atoms with Gasteiger partial charge in [-0.05, 0) is 24.3 Å². The molecule has 0 aliphatic rings. The van der Waals surface area contributed by atoms with E-state index in [0.29, 0.717) is 10.8 Å². The highest BCUT2D eigenvalue weighted by molar-refractivity contribution is 6.32. The molecule has 1 aromatic carbocycles. The van der Waals surface area contributed by atoms with Crippen LogP contribution in [0.3, 0.4) is 0 Å². The zero-order valence-electron chi connectivity index (χ0n) is 9.75. The van der Waals surface area contributed by atoms with Gasteiger partial charge in [0.1, 0.15) is 5.69 Å². The van der Waals surface area contributed by atoms with Crippen LogP contribution in [0.15, 0.2) is 48.7 Å². The number of carboxylic acids is 1. The summed E-state index contributed by atoms with van der Waals surface area (Å²) in [4.78, 5) is 15.6. The number of hydrogen-bond donors (Lipinski definition) is 1. The van der Waals surface area contributed by atoms with Crippen molar-refractivity contribution in [3.8, 4) is 5.82 Å². The smallest absolute Gasteiger partial charge is 0.352 e. The second kappa shape index (κ2) is 4.40. The Bertz CT molecular complexity index is 780. The Morgan fingerprint density at radius 1 is 1.21 bits per heavy atom. The molecule has 0 aliphatic heterocycles. The van der Waals surface area contributed by atoms with Crippen molar-refractivity contribution < 1.29 is 9.90 Å². The summed E-state index contributed by atoms with van der Waals surface area (Å²) in [5, 5.41) is 10.6. The number of carboxylic acid groups (broad SMARTS) is 1. The number of carbonyl (C=O) groups is 1. The van der Waals surface area contributed by atoms with Gasteiger partial charge in [0.15, 0.2) is 5.82 Å². The standard InChI is InChI=1S/C14H9ClN2O2/c15-10-5-3-7-16-13(10)17-11-6-2-1-4-9(11)8-12(17)14(18)19/h1-8H,(H,18,19). The summed E-state index contributed by atoms with van der Waals surface area (Å²) in [5.41, 5.74) is 0.905.